The van der Waals surface area contributed by atoms with Crippen molar-refractivity contribution in [3.8, 4) is 11.5 Å². The van der Waals surface area contributed by atoms with E-state index in [9.17, 15) is 18.6 Å². The fourth-order valence-electron chi connectivity index (χ4n) is 2.40. The van der Waals surface area contributed by atoms with Crippen molar-refractivity contribution >= 4 is 36.5 Å². The van der Waals surface area contributed by atoms with Crippen LogP contribution in [0.4, 0.5) is 0 Å². The van der Waals surface area contributed by atoms with Gasteiger partial charge in [0.2, 0.25) is 9.84 Å². The number of aryl methyl sites for hydroxylation is 1. The highest BCUT2D eigenvalue weighted by Crippen LogP contribution is 2.40. The average molecular weight is 393 g/mol. The topological polar surface area (TPSA) is 74.6 Å². The molecule has 0 aliphatic rings. The zero-order chi connectivity index (χ0) is 16.8. The predicted octanol–water partition coefficient (Wildman–Crippen LogP) is 4.15. The molecule has 0 bridgehead atoms. The number of sulfone groups is 1. The fourth-order valence-corrected chi connectivity index (χ4v) is 4.24. The maximum atomic E-state index is 12.9. The van der Waals surface area contributed by atoms with Crippen molar-refractivity contribution in [2.45, 2.75) is 16.7 Å². The third kappa shape index (κ3) is 2.68. The number of rotatable bonds is 2. The first-order valence-electron chi connectivity index (χ1n) is 6.76. The number of hydrogen-bond acceptors (Lipinski definition) is 4. The molecule has 3 rings (SSSR count). The number of hydrogen-bond donors (Lipinski definition) is 2. The minimum absolute atomic E-state index is 0.0482. The van der Waals surface area contributed by atoms with Gasteiger partial charge in [-0.05, 0) is 37.3 Å². The lowest BCUT2D eigenvalue weighted by Crippen LogP contribution is -2.03. The number of phenolic OH excluding ortho intramolecular Hbond substituents is 2. The summed E-state index contributed by atoms with van der Waals surface area (Å²) >= 11 is 3.30. The van der Waals surface area contributed by atoms with Crippen LogP contribution in [0.25, 0.3) is 10.8 Å². The molecular formula is C17H13BrO4S. The maximum absolute atomic E-state index is 12.9. The lowest BCUT2D eigenvalue weighted by molar-refractivity contribution is 0.407. The summed E-state index contributed by atoms with van der Waals surface area (Å²) in [6, 6.07) is 12.4. The zero-order valence-electron chi connectivity index (χ0n) is 12.1. The number of aromatic hydroxyl groups is 2. The Bertz CT molecular complexity index is 1010. The van der Waals surface area contributed by atoms with Gasteiger partial charge in [0.05, 0.1) is 9.79 Å². The Balaban J connectivity index is 2.37. The Morgan fingerprint density at radius 3 is 2.22 bits per heavy atom. The molecule has 0 fully saturated rings. The lowest BCUT2D eigenvalue weighted by Gasteiger charge is -2.12. The minimum Gasteiger partial charge on any atom is -0.504 e. The molecule has 0 radical (unpaired) electrons. The van der Waals surface area contributed by atoms with E-state index in [1.54, 1.807) is 30.3 Å². The Morgan fingerprint density at radius 1 is 0.913 bits per heavy atom. The molecule has 0 aliphatic carbocycles. The van der Waals surface area contributed by atoms with Crippen LogP contribution in [0.1, 0.15) is 5.56 Å². The molecule has 23 heavy (non-hydrogen) atoms. The van der Waals surface area contributed by atoms with Gasteiger partial charge in [0.1, 0.15) is 0 Å². The van der Waals surface area contributed by atoms with Gasteiger partial charge in [-0.25, -0.2) is 8.42 Å². The third-order valence-electron chi connectivity index (χ3n) is 3.63. The highest BCUT2D eigenvalue weighted by Gasteiger charge is 2.23. The lowest BCUT2D eigenvalue weighted by atomic mass is 10.1. The molecule has 0 aromatic heterocycles. The van der Waals surface area contributed by atoms with Crippen LogP contribution in [0.2, 0.25) is 0 Å². The predicted molar refractivity (Wildman–Crippen MR) is 91.6 cm³/mol. The number of fused-ring (bicyclic) bond motifs is 1. The smallest absolute Gasteiger partial charge is 0.207 e. The summed E-state index contributed by atoms with van der Waals surface area (Å²) in [5, 5.41) is 20.5. The van der Waals surface area contributed by atoms with Crippen molar-refractivity contribution in [2.75, 3.05) is 0 Å². The average Bonchev–Trinajstić information content (AvgIpc) is 2.51. The van der Waals surface area contributed by atoms with Gasteiger partial charge in [0.25, 0.3) is 0 Å². The molecule has 0 heterocycles. The SMILES string of the molecule is Cc1ccc(S(=O)(=O)c2cc(O)c(O)c3ccc(Br)cc23)cc1. The van der Waals surface area contributed by atoms with Crippen molar-refractivity contribution in [2.24, 2.45) is 0 Å². The quantitative estimate of drug-likeness (QED) is 0.642. The summed E-state index contributed by atoms with van der Waals surface area (Å²) < 4.78 is 26.5. The minimum atomic E-state index is -3.83. The molecule has 0 saturated heterocycles. The van der Waals surface area contributed by atoms with E-state index in [1.807, 2.05) is 6.92 Å². The van der Waals surface area contributed by atoms with Gasteiger partial charge in [0.15, 0.2) is 11.5 Å². The monoisotopic (exact) mass is 392 g/mol. The van der Waals surface area contributed by atoms with Crippen molar-refractivity contribution in [3.63, 3.8) is 0 Å². The summed E-state index contributed by atoms with van der Waals surface area (Å²) in [5.41, 5.74) is 0.949. The van der Waals surface area contributed by atoms with E-state index in [0.717, 1.165) is 11.6 Å². The van der Waals surface area contributed by atoms with Gasteiger partial charge in [-0.15, -0.1) is 0 Å². The van der Waals surface area contributed by atoms with Crippen LogP contribution in [0.15, 0.2) is 62.8 Å². The maximum Gasteiger partial charge on any atom is 0.207 e. The van der Waals surface area contributed by atoms with Gasteiger partial charge in [-0.2, -0.15) is 0 Å². The van der Waals surface area contributed by atoms with Gasteiger partial charge in [0, 0.05) is 21.3 Å². The molecule has 4 nitrogen and oxygen atoms in total. The van der Waals surface area contributed by atoms with Crippen molar-refractivity contribution < 1.29 is 18.6 Å². The second-order valence-corrected chi connectivity index (χ2v) is 8.08. The first-order valence-corrected chi connectivity index (χ1v) is 9.04. The van der Waals surface area contributed by atoms with Crippen LogP contribution in [0.5, 0.6) is 11.5 Å². The Morgan fingerprint density at radius 2 is 1.57 bits per heavy atom. The van der Waals surface area contributed by atoms with Crippen LogP contribution in [-0.2, 0) is 9.84 Å². The highest BCUT2D eigenvalue weighted by atomic mass is 79.9. The van der Waals surface area contributed by atoms with E-state index in [4.69, 9.17) is 0 Å². The molecule has 3 aromatic rings. The van der Waals surface area contributed by atoms with Crippen LogP contribution >= 0.6 is 15.9 Å². The van der Waals surface area contributed by atoms with Crippen LogP contribution in [-0.4, -0.2) is 18.6 Å². The molecule has 0 spiro atoms. The molecule has 3 aromatic carbocycles. The molecule has 6 heteroatoms. The molecule has 0 unspecified atom stereocenters. The Kier molecular flexibility index (Phi) is 3.82. The first kappa shape index (κ1) is 15.8. The van der Waals surface area contributed by atoms with Crippen LogP contribution < -0.4 is 0 Å². The van der Waals surface area contributed by atoms with Gasteiger partial charge in [-0.1, -0.05) is 33.6 Å². The first-order chi connectivity index (χ1) is 10.8. The number of halogens is 1. The van der Waals surface area contributed by atoms with Crippen LogP contribution in [0.3, 0.4) is 0 Å². The molecule has 0 atom stereocenters. The van der Waals surface area contributed by atoms with Gasteiger partial charge < -0.3 is 10.2 Å². The second-order valence-electron chi connectivity index (χ2n) is 5.25. The molecule has 0 aliphatic heterocycles. The third-order valence-corrected chi connectivity index (χ3v) is 5.94. The molecule has 118 valence electrons. The van der Waals surface area contributed by atoms with Gasteiger partial charge >= 0.3 is 0 Å². The molecule has 0 amide bonds. The van der Waals surface area contributed by atoms with Crippen molar-refractivity contribution in [1.29, 1.82) is 0 Å². The summed E-state index contributed by atoms with van der Waals surface area (Å²) in [5.74, 6) is -0.805. The Labute approximate surface area is 142 Å². The fraction of sp³-hybridized carbons (Fsp3) is 0.0588. The van der Waals surface area contributed by atoms with E-state index in [-0.39, 0.29) is 20.9 Å². The normalized spacial score (nSPS) is 11.7. The second kappa shape index (κ2) is 5.54. The van der Waals surface area contributed by atoms with E-state index >= 15 is 0 Å². The molecular weight excluding hydrogens is 380 g/mol. The molecule has 2 N–H and O–H groups in total. The van der Waals surface area contributed by atoms with Gasteiger partial charge in [-0.3, -0.25) is 0 Å². The summed E-state index contributed by atoms with van der Waals surface area (Å²) in [6.45, 7) is 1.87. The van der Waals surface area contributed by atoms with E-state index in [1.165, 1.54) is 12.1 Å². The molecule has 0 saturated carbocycles. The van der Waals surface area contributed by atoms with E-state index < -0.39 is 15.6 Å². The number of phenols is 2. The standard InChI is InChI=1S/C17H13BrO4S/c1-10-2-5-12(6-3-10)23(21,22)16-9-15(19)17(20)13-7-4-11(18)8-14(13)16/h2-9,19-20H,1H3. The zero-order valence-corrected chi connectivity index (χ0v) is 14.5. The summed E-state index contributed by atoms with van der Waals surface area (Å²) in [6.07, 6.45) is 0. The van der Waals surface area contributed by atoms with E-state index in [0.29, 0.717) is 9.86 Å². The van der Waals surface area contributed by atoms with Crippen molar-refractivity contribution in [3.05, 3.63) is 58.6 Å². The number of benzene rings is 3. The van der Waals surface area contributed by atoms with Crippen molar-refractivity contribution in [1.82, 2.24) is 0 Å². The summed E-state index contributed by atoms with van der Waals surface area (Å²) in [7, 11) is -3.83. The largest absolute Gasteiger partial charge is 0.504 e. The summed E-state index contributed by atoms with van der Waals surface area (Å²) in [4.78, 5) is 0.0856. The van der Waals surface area contributed by atoms with E-state index in [2.05, 4.69) is 15.9 Å². The van der Waals surface area contributed by atoms with Crippen LogP contribution in [0, 0.1) is 6.92 Å². The Hall–Kier alpha value is -2.05. The highest BCUT2D eigenvalue weighted by molar-refractivity contribution is 9.10.